The number of hydrogen-bond acceptors (Lipinski definition) is 3. The standard InChI is InChI=1S/C14H20N2OS/c17-14(13-6-3-9-18-13)16-8-2-4-11(10-16)12-5-1-7-15-12/h3,6,9,11-12,15H,1-2,4-5,7-8,10H2. The summed E-state index contributed by atoms with van der Waals surface area (Å²) in [6.07, 6.45) is 5.00. The fourth-order valence-electron chi connectivity index (χ4n) is 3.19. The number of nitrogens with zero attached hydrogens (tertiary/aromatic N) is 1. The van der Waals surface area contributed by atoms with Crippen LogP contribution in [0.25, 0.3) is 0 Å². The molecule has 3 nitrogen and oxygen atoms in total. The third-order valence-electron chi connectivity index (χ3n) is 4.14. The van der Waals surface area contributed by atoms with Gasteiger partial charge in [-0.15, -0.1) is 11.3 Å². The van der Waals surface area contributed by atoms with E-state index in [2.05, 4.69) is 10.2 Å². The van der Waals surface area contributed by atoms with Crippen LogP contribution < -0.4 is 5.32 Å². The summed E-state index contributed by atoms with van der Waals surface area (Å²) < 4.78 is 0. The van der Waals surface area contributed by atoms with E-state index < -0.39 is 0 Å². The van der Waals surface area contributed by atoms with Gasteiger partial charge in [0.2, 0.25) is 0 Å². The summed E-state index contributed by atoms with van der Waals surface area (Å²) in [5.41, 5.74) is 0. The lowest BCUT2D eigenvalue weighted by Gasteiger charge is -2.35. The van der Waals surface area contributed by atoms with Crippen LogP contribution in [0.1, 0.15) is 35.4 Å². The van der Waals surface area contributed by atoms with E-state index in [9.17, 15) is 4.79 Å². The van der Waals surface area contributed by atoms with E-state index in [1.807, 2.05) is 17.5 Å². The minimum absolute atomic E-state index is 0.229. The molecule has 1 aromatic rings. The highest BCUT2D eigenvalue weighted by Gasteiger charge is 2.31. The second kappa shape index (κ2) is 5.41. The summed E-state index contributed by atoms with van der Waals surface area (Å²) in [4.78, 5) is 15.3. The Hall–Kier alpha value is -0.870. The van der Waals surface area contributed by atoms with E-state index in [1.165, 1.54) is 19.3 Å². The second-order valence-corrected chi connectivity index (χ2v) is 6.28. The molecular formula is C14H20N2OS. The van der Waals surface area contributed by atoms with Crippen molar-refractivity contribution >= 4 is 17.2 Å². The van der Waals surface area contributed by atoms with Crippen LogP contribution in [0.15, 0.2) is 17.5 Å². The van der Waals surface area contributed by atoms with Crippen LogP contribution >= 0.6 is 11.3 Å². The van der Waals surface area contributed by atoms with Gasteiger partial charge in [-0.1, -0.05) is 6.07 Å². The van der Waals surface area contributed by atoms with Crippen molar-refractivity contribution in [3.05, 3.63) is 22.4 Å². The molecule has 3 rings (SSSR count). The lowest BCUT2D eigenvalue weighted by molar-refractivity contribution is 0.0656. The third kappa shape index (κ3) is 2.45. The Labute approximate surface area is 112 Å². The SMILES string of the molecule is O=C(c1cccs1)N1CCCC(C2CCCN2)C1. The average molecular weight is 264 g/mol. The minimum Gasteiger partial charge on any atom is -0.338 e. The Morgan fingerprint density at radius 3 is 3.06 bits per heavy atom. The molecule has 1 amide bonds. The first-order chi connectivity index (χ1) is 8.84. The van der Waals surface area contributed by atoms with Gasteiger partial charge >= 0.3 is 0 Å². The Bertz CT molecular complexity index is 398. The summed E-state index contributed by atoms with van der Waals surface area (Å²) in [7, 11) is 0. The molecule has 1 aromatic heterocycles. The zero-order valence-corrected chi connectivity index (χ0v) is 11.4. The third-order valence-corrected chi connectivity index (χ3v) is 5.00. The maximum Gasteiger partial charge on any atom is 0.263 e. The van der Waals surface area contributed by atoms with Gasteiger partial charge in [0.15, 0.2) is 0 Å². The van der Waals surface area contributed by atoms with E-state index in [-0.39, 0.29) is 5.91 Å². The van der Waals surface area contributed by atoms with Crippen LogP contribution in [0.2, 0.25) is 0 Å². The number of amides is 1. The topological polar surface area (TPSA) is 32.3 Å². The molecule has 2 aliphatic heterocycles. The fourth-order valence-corrected chi connectivity index (χ4v) is 3.88. The van der Waals surface area contributed by atoms with Gasteiger partial charge in [-0.25, -0.2) is 0 Å². The first-order valence-electron chi connectivity index (χ1n) is 6.91. The highest BCUT2D eigenvalue weighted by Crippen LogP contribution is 2.26. The Morgan fingerprint density at radius 1 is 1.39 bits per heavy atom. The van der Waals surface area contributed by atoms with Gasteiger partial charge in [-0.2, -0.15) is 0 Å². The molecular weight excluding hydrogens is 244 g/mol. The molecule has 2 saturated heterocycles. The average Bonchev–Trinajstić information content (AvgIpc) is 3.11. The molecule has 2 unspecified atom stereocenters. The van der Waals surface area contributed by atoms with Crippen LogP contribution in [-0.4, -0.2) is 36.5 Å². The predicted molar refractivity (Wildman–Crippen MR) is 74.0 cm³/mol. The van der Waals surface area contributed by atoms with Gasteiger partial charge in [-0.05, 0) is 49.6 Å². The van der Waals surface area contributed by atoms with Gasteiger partial charge < -0.3 is 10.2 Å². The van der Waals surface area contributed by atoms with Crippen molar-refractivity contribution in [2.24, 2.45) is 5.92 Å². The van der Waals surface area contributed by atoms with Crippen LogP contribution in [0, 0.1) is 5.92 Å². The summed E-state index contributed by atoms with van der Waals surface area (Å²) in [6.45, 7) is 3.02. The molecule has 0 saturated carbocycles. The molecule has 1 N–H and O–H groups in total. The van der Waals surface area contributed by atoms with Crippen LogP contribution in [0.3, 0.4) is 0 Å². The number of rotatable bonds is 2. The molecule has 2 aliphatic rings. The maximum absolute atomic E-state index is 12.3. The fraction of sp³-hybridized carbons (Fsp3) is 0.643. The van der Waals surface area contributed by atoms with Crippen LogP contribution in [0.4, 0.5) is 0 Å². The van der Waals surface area contributed by atoms with Gasteiger partial charge in [0.05, 0.1) is 4.88 Å². The molecule has 98 valence electrons. The van der Waals surface area contributed by atoms with Gasteiger partial charge in [0.1, 0.15) is 0 Å². The second-order valence-electron chi connectivity index (χ2n) is 5.33. The summed E-state index contributed by atoms with van der Waals surface area (Å²) in [6, 6.07) is 4.53. The molecule has 18 heavy (non-hydrogen) atoms. The number of thiophene rings is 1. The Balaban J connectivity index is 1.64. The van der Waals surface area contributed by atoms with Crippen LogP contribution in [0.5, 0.6) is 0 Å². The zero-order valence-electron chi connectivity index (χ0n) is 10.6. The minimum atomic E-state index is 0.229. The normalized spacial score (nSPS) is 28.6. The number of hydrogen-bond donors (Lipinski definition) is 1. The van der Waals surface area contributed by atoms with Crippen molar-refractivity contribution in [2.75, 3.05) is 19.6 Å². The van der Waals surface area contributed by atoms with Gasteiger partial charge in [0, 0.05) is 19.1 Å². The molecule has 4 heteroatoms. The van der Waals surface area contributed by atoms with Gasteiger partial charge in [-0.3, -0.25) is 4.79 Å². The molecule has 0 aliphatic carbocycles. The smallest absolute Gasteiger partial charge is 0.263 e. The summed E-state index contributed by atoms with van der Waals surface area (Å²) in [5, 5.41) is 5.56. The number of nitrogens with one attached hydrogen (secondary N) is 1. The van der Waals surface area contributed by atoms with E-state index in [4.69, 9.17) is 0 Å². The quantitative estimate of drug-likeness (QED) is 0.889. The maximum atomic E-state index is 12.3. The first kappa shape index (κ1) is 12.2. The molecule has 0 radical (unpaired) electrons. The van der Waals surface area contributed by atoms with E-state index in [1.54, 1.807) is 11.3 Å². The molecule has 3 heterocycles. The summed E-state index contributed by atoms with van der Waals surface area (Å²) in [5.74, 6) is 0.887. The molecule has 2 atom stereocenters. The summed E-state index contributed by atoms with van der Waals surface area (Å²) >= 11 is 1.55. The van der Waals surface area contributed by atoms with Crippen molar-refractivity contribution in [3.8, 4) is 0 Å². The van der Waals surface area contributed by atoms with E-state index in [0.29, 0.717) is 12.0 Å². The van der Waals surface area contributed by atoms with E-state index in [0.717, 1.165) is 30.9 Å². The molecule has 0 bridgehead atoms. The highest BCUT2D eigenvalue weighted by molar-refractivity contribution is 7.12. The Morgan fingerprint density at radius 2 is 2.33 bits per heavy atom. The molecule has 0 spiro atoms. The highest BCUT2D eigenvalue weighted by atomic mass is 32.1. The number of likely N-dealkylation sites (tertiary alicyclic amines) is 1. The van der Waals surface area contributed by atoms with Gasteiger partial charge in [0.25, 0.3) is 5.91 Å². The predicted octanol–water partition coefficient (Wildman–Crippen LogP) is 2.35. The zero-order chi connectivity index (χ0) is 12.4. The number of carbonyl (C=O) groups excluding carboxylic acids is 1. The molecule has 0 aromatic carbocycles. The Kier molecular flexibility index (Phi) is 3.66. The largest absolute Gasteiger partial charge is 0.338 e. The van der Waals surface area contributed by atoms with Crippen molar-refractivity contribution in [3.63, 3.8) is 0 Å². The van der Waals surface area contributed by atoms with Crippen molar-refractivity contribution in [1.82, 2.24) is 10.2 Å². The van der Waals surface area contributed by atoms with Crippen molar-refractivity contribution in [2.45, 2.75) is 31.7 Å². The first-order valence-corrected chi connectivity index (χ1v) is 7.79. The van der Waals surface area contributed by atoms with E-state index >= 15 is 0 Å². The lowest BCUT2D eigenvalue weighted by atomic mass is 9.89. The monoisotopic (exact) mass is 264 g/mol. The van der Waals surface area contributed by atoms with Crippen molar-refractivity contribution in [1.29, 1.82) is 0 Å². The lowest BCUT2D eigenvalue weighted by Crippen LogP contribution is -2.45. The number of piperidine rings is 1. The number of carbonyl (C=O) groups is 1. The van der Waals surface area contributed by atoms with Crippen LogP contribution in [-0.2, 0) is 0 Å². The van der Waals surface area contributed by atoms with Crippen molar-refractivity contribution < 1.29 is 4.79 Å². The molecule has 2 fully saturated rings.